The Morgan fingerprint density at radius 1 is 0.596 bits per heavy atom. The molecule has 0 aromatic heterocycles. The van der Waals surface area contributed by atoms with Gasteiger partial charge in [0.1, 0.15) is 6.61 Å². The maximum Gasteiger partial charge on any atom is 0.472 e. The predicted octanol–water partition coefficient (Wildman–Crippen LogP) is 12.5. The maximum absolute atomic E-state index is 12.5. The van der Waals surface area contributed by atoms with Crippen molar-refractivity contribution >= 4 is 13.8 Å². The van der Waals surface area contributed by atoms with E-state index >= 15 is 0 Å². The average Bonchev–Trinajstić information content (AvgIpc) is 3.13. The molecule has 0 saturated carbocycles. The Balaban J connectivity index is 4.22. The van der Waals surface area contributed by atoms with Gasteiger partial charge in [-0.05, 0) is 83.1 Å². The number of nitrogens with two attached hydrogens (primary N) is 1. The molecule has 0 aliphatic rings. The summed E-state index contributed by atoms with van der Waals surface area (Å²) in [6, 6.07) is 0. The lowest BCUT2D eigenvalue weighted by Gasteiger charge is -2.19. The van der Waals surface area contributed by atoms with E-state index in [-0.39, 0.29) is 32.8 Å². The second-order valence-electron chi connectivity index (χ2n) is 13.6. The van der Waals surface area contributed by atoms with E-state index in [2.05, 4.69) is 62.5 Å². The second-order valence-corrected chi connectivity index (χ2v) is 15.0. The van der Waals surface area contributed by atoms with Crippen LogP contribution >= 0.6 is 7.82 Å². The Morgan fingerprint density at radius 2 is 1.04 bits per heavy atom. The molecule has 2 atom stereocenters. The van der Waals surface area contributed by atoms with E-state index in [0.717, 1.165) is 32.1 Å². The topological polar surface area (TPSA) is 117 Å². The first kappa shape index (κ1) is 50.0. The van der Waals surface area contributed by atoms with Gasteiger partial charge in [-0.3, -0.25) is 13.8 Å². The highest BCUT2D eigenvalue weighted by Gasteiger charge is 2.25. The fourth-order valence-corrected chi connectivity index (χ4v) is 6.15. The van der Waals surface area contributed by atoms with Crippen LogP contribution < -0.4 is 5.73 Å². The number of carbonyl (C=O) groups is 1. The third-order valence-corrected chi connectivity index (χ3v) is 9.46. The standard InChI is InChI=1S/C43H78NO7P/c1-3-5-7-9-11-13-15-17-19-21-22-24-26-28-30-32-34-36-43(45)51-42(41-50-52(46,47)49-39-37-44)40-48-38-35-33-31-29-27-25-23-20-18-16-14-12-10-8-6-4-2/h14,16-17,19,22,24,28,30,35,38,42H,3-13,15,18,20-21,23,25-27,29,31-34,36-37,39-41,44H2,1-2H3,(H,46,47)/t42-/m1/s1. The number of unbranched alkanes of at least 4 members (excludes halogenated alkanes) is 18. The summed E-state index contributed by atoms with van der Waals surface area (Å²) in [5, 5.41) is 0. The molecule has 0 saturated heterocycles. The van der Waals surface area contributed by atoms with Crippen LogP contribution in [0, 0.1) is 0 Å². The van der Waals surface area contributed by atoms with Crippen molar-refractivity contribution in [1.29, 1.82) is 0 Å². The van der Waals surface area contributed by atoms with Gasteiger partial charge in [0.15, 0.2) is 6.10 Å². The van der Waals surface area contributed by atoms with E-state index < -0.39 is 19.9 Å². The zero-order chi connectivity index (χ0) is 38.1. The highest BCUT2D eigenvalue weighted by Crippen LogP contribution is 2.43. The molecule has 52 heavy (non-hydrogen) atoms. The largest absolute Gasteiger partial charge is 0.498 e. The van der Waals surface area contributed by atoms with Crippen LogP contribution in [0.3, 0.4) is 0 Å². The zero-order valence-electron chi connectivity index (χ0n) is 33.3. The molecular formula is C43H78NO7P. The van der Waals surface area contributed by atoms with Crippen LogP contribution in [0.15, 0.2) is 60.9 Å². The van der Waals surface area contributed by atoms with Gasteiger partial charge in [0.25, 0.3) is 0 Å². The predicted molar refractivity (Wildman–Crippen MR) is 219 cm³/mol. The van der Waals surface area contributed by atoms with Crippen LogP contribution in [0.4, 0.5) is 0 Å². The molecule has 0 rings (SSSR count). The summed E-state index contributed by atoms with van der Waals surface area (Å²) in [5.74, 6) is -0.406. The van der Waals surface area contributed by atoms with E-state index in [1.807, 2.05) is 6.08 Å². The van der Waals surface area contributed by atoms with Crippen LogP contribution in [-0.4, -0.2) is 43.3 Å². The van der Waals surface area contributed by atoms with E-state index in [0.29, 0.717) is 6.42 Å². The Morgan fingerprint density at radius 3 is 1.58 bits per heavy atom. The molecule has 0 aromatic carbocycles. The summed E-state index contributed by atoms with van der Waals surface area (Å²) in [7, 11) is -4.31. The monoisotopic (exact) mass is 752 g/mol. The van der Waals surface area contributed by atoms with E-state index in [1.165, 1.54) is 116 Å². The number of carbonyl (C=O) groups excluding carboxylic acids is 1. The van der Waals surface area contributed by atoms with Crippen molar-refractivity contribution in [1.82, 2.24) is 0 Å². The molecule has 0 aliphatic carbocycles. The van der Waals surface area contributed by atoms with Gasteiger partial charge in [0.05, 0.1) is 19.5 Å². The Hall–Kier alpha value is -1.96. The molecule has 0 spiro atoms. The number of hydrogen-bond acceptors (Lipinski definition) is 7. The SMILES string of the molecule is CCCCCCC=CCCCCCCCCC=COC[C@H](COP(=O)(O)OCCN)OC(=O)CCCC=CCC=CCC=CCCCCCCCC. The zero-order valence-corrected chi connectivity index (χ0v) is 34.2. The molecule has 0 bridgehead atoms. The molecular weight excluding hydrogens is 673 g/mol. The summed E-state index contributed by atoms with van der Waals surface area (Å²) in [6.07, 6.45) is 49.1. The molecule has 0 heterocycles. The summed E-state index contributed by atoms with van der Waals surface area (Å²) >= 11 is 0. The highest BCUT2D eigenvalue weighted by atomic mass is 31.2. The van der Waals surface area contributed by atoms with Crippen LogP contribution in [0.5, 0.6) is 0 Å². The lowest BCUT2D eigenvalue weighted by atomic mass is 10.1. The van der Waals surface area contributed by atoms with Gasteiger partial charge in [0, 0.05) is 13.0 Å². The number of ether oxygens (including phenoxy) is 2. The molecule has 302 valence electrons. The minimum Gasteiger partial charge on any atom is -0.498 e. The van der Waals surface area contributed by atoms with E-state index in [9.17, 15) is 14.3 Å². The fraction of sp³-hybridized carbons (Fsp3) is 0.744. The normalized spacial score (nSPS) is 14.1. The number of rotatable bonds is 39. The van der Waals surface area contributed by atoms with Crippen LogP contribution in [0.1, 0.15) is 174 Å². The van der Waals surface area contributed by atoms with Crippen molar-refractivity contribution < 1.29 is 32.8 Å². The van der Waals surface area contributed by atoms with E-state index in [4.69, 9.17) is 24.3 Å². The summed E-state index contributed by atoms with van der Waals surface area (Å²) in [6.45, 7) is 4.15. The molecule has 0 aliphatic heterocycles. The third kappa shape index (κ3) is 39.3. The Bertz CT molecular complexity index is 979. The van der Waals surface area contributed by atoms with Crippen molar-refractivity contribution in [3.63, 3.8) is 0 Å². The van der Waals surface area contributed by atoms with Gasteiger partial charge < -0.3 is 20.1 Å². The van der Waals surface area contributed by atoms with Crippen LogP contribution in [0.25, 0.3) is 0 Å². The number of allylic oxidation sites excluding steroid dienone is 9. The highest BCUT2D eigenvalue weighted by molar-refractivity contribution is 7.47. The third-order valence-electron chi connectivity index (χ3n) is 8.47. The molecule has 9 heteroatoms. The number of hydrogen-bond donors (Lipinski definition) is 2. The fourth-order valence-electron chi connectivity index (χ4n) is 5.38. The van der Waals surface area contributed by atoms with Gasteiger partial charge in [-0.1, -0.05) is 140 Å². The summed E-state index contributed by atoms with van der Waals surface area (Å²) in [5.41, 5.74) is 5.35. The van der Waals surface area contributed by atoms with Gasteiger partial charge in [-0.15, -0.1) is 0 Å². The average molecular weight is 752 g/mol. The van der Waals surface area contributed by atoms with E-state index in [1.54, 1.807) is 6.26 Å². The van der Waals surface area contributed by atoms with Crippen LogP contribution in [-0.2, 0) is 27.9 Å². The first-order chi connectivity index (χ1) is 25.4. The Labute approximate surface area is 319 Å². The lowest BCUT2D eigenvalue weighted by Crippen LogP contribution is -2.27. The van der Waals surface area contributed by atoms with Crippen molar-refractivity contribution in [2.45, 2.75) is 180 Å². The number of esters is 1. The summed E-state index contributed by atoms with van der Waals surface area (Å²) in [4.78, 5) is 22.4. The minimum atomic E-state index is -4.31. The van der Waals surface area contributed by atoms with Crippen molar-refractivity contribution in [3.05, 3.63) is 60.9 Å². The summed E-state index contributed by atoms with van der Waals surface area (Å²) < 4.78 is 33.1. The maximum atomic E-state index is 12.5. The van der Waals surface area contributed by atoms with Gasteiger partial charge in [-0.25, -0.2) is 4.57 Å². The van der Waals surface area contributed by atoms with Crippen molar-refractivity contribution in [2.75, 3.05) is 26.4 Å². The molecule has 3 N–H and O–H groups in total. The molecule has 8 nitrogen and oxygen atoms in total. The van der Waals surface area contributed by atoms with Crippen molar-refractivity contribution in [2.24, 2.45) is 5.73 Å². The number of phosphoric ester groups is 1. The minimum absolute atomic E-state index is 0.00673. The van der Waals surface area contributed by atoms with Gasteiger partial charge >= 0.3 is 13.8 Å². The quantitative estimate of drug-likeness (QED) is 0.0210. The first-order valence-electron chi connectivity index (χ1n) is 20.8. The van der Waals surface area contributed by atoms with Crippen molar-refractivity contribution in [3.8, 4) is 0 Å². The smallest absolute Gasteiger partial charge is 0.472 e. The van der Waals surface area contributed by atoms with Crippen LogP contribution in [0.2, 0.25) is 0 Å². The number of phosphoric acid groups is 1. The molecule has 0 radical (unpaired) electrons. The second kappa shape index (κ2) is 40.2. The van der Waals surface area contributed by atoms with Gasteiger partial charge in [-0.2, -0.15) is 0 Å². The molecule has 0 fully saturated rings. The first-order valence-corrected chi connectivity index (χ1v) is 22.3. The lowest BCUT2D eigenvalue weighted by molar-refractivity contribution is -0.153. The Kier molecular flexibility index (Phi) is 38.7. The van der Waals surface area contributed by atoms with Gasteiger partial charge in [0.2, 0.25) is 0 Å². The molecule has 1 unspecified atom stereocenters. The molecule has 0 amide bonds. The molecule has 0 aromatic rings.